The quantitative estimate of drug-likeness (QED) is 0.716. The van der Waals surface area contributed by atoms with Gasteiger partial charge in [0.15, 0.2) is 0 Å². The molecule has 0 aliphatic rings. The van der Waals surface area contributed by atoms with Crippen molar-refractivity contribution in [1.29, 1.82) is 0 Å². The Labute approximate surface area is 97.5 Å². The van der Waals surface area contributed by atoms with Crippen LogP contribution in [-0.4, -0.2) is 4.98 Å². The second kappa shape index (κ2) is 4.25. The molecule has 0 amide bonds. The lowest BCUT2D eigenvalue weighted by Gasteiger charge is -2.17. The molecule has 0 aliphatic carbocycles. The zero-order valence-electron chi connectivity index (χ0n) is 10.5. The van der Waals surface area contributed by atoms with Crippen molar-refractivity contribution in [1.82, 2.24) is 4.98 Å². The molecule has 0 spiro atoms. The maximum Gasteiger partial charge on any atom is 0.0739 e. The van der Waals surface area contributed by atoms with Crippen LogP contribution in [-0.2, 0) is 0 Å². The number of hydrogen-bond donors (Lipinski definition) is 0. The summed E-state index contributed by atoms with van der Waals surface area (Å²) < 4.78 is 0. The van der Waals surface area contributed by atoms with Crippen molar-refractivity contribution in [2.24, 2.45) is 0 Å². The summed E-state index contributed by atoms with van der Waals surface area (Å²) in [6.07, 6.45) is 1.89. The molecule has 2 rings (SSSR count). The van der Waals surface area contributed by atoms with Gasteiger partial charge in [-0.1, -0.05) is 45.9 Å². The third kappa shape index (κ3) is 1.82. The van der Waals surface area contributed by atoms with Crippen molar-refractivity contribution in [2.45, 2.75) is 39.5 Å². The minimum Gasteiger partial charge on any atom is -0.256 e. The molecule has 1 heterocycles. The first-order valence-electron chi connectivity index (χ1n) is 5.98. The highest BCUT2D eigenvalue weighted by Gasteiger charge is 2.13. The molecular weight excluding hydrogens is 194 g/mol. The molecular formula is C15H19N. The van der Waals surface area contributed by atoms with Crippen LogP contribution in [0.3, 0.4) is 0 Å². The van der Waals surface area contributed by atoms with E-state index in [1.54, 1.807) is 0 Å². The van der Waals surface area contributed by atoms with E-state index in [1.165, 1.54) is 22.0 Å². The van der Waals surface area contributed by atoms with E-state index in [4.69, 9.17) is 0 Å². The summed E-state index contributed by atoms with van der Waals surface area (Å²) in [7, 11) is 0. The number of benzene rings is 1. The molecule has 1 nitrogen and oxygen atoms in total. The largest absolute Gasteiger partial charge is 0.256 e. The first-order valence-corrected chi connectivity index (χ1v) is 5.98. The summed E-state index contributed by atoms with van der Waals surface area (Å²) in [4.78, 5) is 4.55. The highest BCUT2D eigenvalue weighted by molar-refractivity contribution is 5.83. The summed E-state index contributed by atoms with van der Waals surface area (Å²) in [5.74, 6) is 1.08. The molecule has 0 bridgehead atoms. The number of pyridine rings is 1. The van der Waals surface area contributed by atoms with Gasteiger partial charge in [0.1, 0.15) is 0 Å². The zero-order valence-corrected chi connectivity index (χ0v) is 10.5. The molecule has 0 atom stereocenters. The molecule has 1 heteroatoms. The van der Waals surface area contributed by atoms with Gasteiger partial charge in [-0.2, -0.15) is 0 Å². The van der Waals surface area contributed by atoms with Gasteiger partial charge in [-0.15, -0.1) is 0 Å². The fourth-order valence-corrected chi connectivity index (χ4v) is 2.29. The SMILES string of the molecule is CC(C)c1ccc2cccnc2c1C(C)C. The number of hydrogen-bond acceptors (Lipinski definition) is 1. The van der Waals surface area contributed by atoms with E-state index in [2.05, 4.69) is 50.9 Å². The third-order valence-electron chi connectivity index (χ3n) is 3.05. The van der Waals surface area contributed by atoms with Crippen molar-refractivity contribution in [3.63, 3.8) is 0 Å². The molecule has 0 saturated heterocycles. The van der Waals surface area contributed by atoms with Crippen molar-refractivity contribution < 1.29 is 0 Å². The van der Waals surface area contributed by atoms with E-state index in [1.807, 2.05) is 12.3 Å². The molecule has 0 fully saturated rings. The fourth-order valence-electron chi connectivity index (χ4n) is 2.29. The normalized spacial score (nSPS) is 11.6. The molecule has 2 aromatic rings. The van der Waals surface area contributed by atoms with E-state index >= 15 is 0 Å². The molecule has 0 aliphatic heterocycles. The maximum atomic E-state index is 4.55. The van der Waals surface area contributed by atoms with E-state index in [0.29, 0.717) is 11.8 Å². The first kappa shape index (κ1) is 11.1. The minimum atomic E-state index is 0.524. The summed E-state index contributed by atoms with van der Waals surface area (Å²) in [6, 6.07) is 8.58. The van der Waals surface area contributed by atoms with E-state index in [-0.39, 0.29) is 0 Å². The lowest BCUT2D eigenvalue weighted by Crippen LogP contribution is -2.00. The lowest BCUT2D eigenvalue weighted by atomic mass is 9.88. The summed E-state index contributed by atoms with van der Waals surface area (Å²) in [6.45, 7) is 8.98. The van der Waals surface area contributed by atoms with E-state index in [9.17, 15) is 0 Å². The molecule has 0 radical (unpaired) electrons. The van der Waals surface area contributed by atoms with Crippen LogP contribution >= 0.6 is 0 Å². The van der Waals surface area contributed by atoms with Gasteiger partial charge in [-0.25, -0.2) is 0 Å². The Morgan fingerprint density at radius 3 is 2.31 bits per heavy atom. The number of rotatable bonds is 2. The van der Waals surface area contributed by atoms with Crippen LogP contribution in [0.4, 0.5) is 0 Å². The monoisotopic (exact) mass is 213 g/mol. The first-order chi connectivity index (χ1) is 7.61. The minimum absolute atomic E-state index is 0.524. The van der Waals surface area contributed by atoms with Gasteiger partial charge in [0.25, 0.3) is 0 Å². The van der Waals surface area contributed by atoms with Crippen LogP contribution in [0.15, 0.2) is 30.5 Å². The van der Waals surface area contributed by atoms with Gasteiger partial charge in [0, 0.05) is 11.6 Å². The second-order valence-electron chi connectivity index (χ2n) is 4.95. The maximum absolute atomic E-state index is 4.55. The zero-order chi connectivity index (χ0) is 11.7. The molecule has 84 valence electrons. The lowest BCUT2D eigenvalue weighted by molar-refractivity contribution is 0.795. The Bertz CT molecular complexity index is 498. The average Bonchev–Trinajstić information content (AvgIpc) is 2.27. The standard InChI is InChI=1S/C15H19N/c1-10(2)13-8-7-12-6-5-9-16-15(12)14(13)11(3)4/h5-11H,1-4H3. The average molecular weight is 213 g/mol. The number of fused-ring (bicyclic) bond motifs is 1. The topological polar surface area (TPSA) is 12.9 Å². The van der Waals surface area contributed by atoms with Crippen molar-refractivity contribution in [3.8, 4) is 0 Å². The van der Waals surface area contributed by atoms with Crippen LogP contribution in [0.25, 0.3) is 10.9 Å². The van der Waals surface area contributed by atoms with Gasteiger partial charge in [0.05, 0.1) is 5.52 Å². The summed E-state index contributed by atoms with van der Waals surface area (Å²) >= 11 is 0. The smallest absolute Gasteiger partial charge is 0.0739 e. The van der Waals surface area contributed by atoms with Gasteiger partial charge in [0.2, 0.25) is 0 Å². The number of aromatic nitrogens is 1. The van der Waals surface area contributed by atoms with E-state index in [0.717, 1.165) is 0 Å². The van der Waals surface area contributed by atoms with Crippen LogP contribution in [0.5, 0.6) is 0 Å². The molecule has 0 saturated carbocycles. The van der Waals surface area contributed by atoms with Crippen LogP contribution < -0.4 is 0 Å². The van der Waals surface area contributed by atoms with Crippen molar-refractivity contribution in [3.05, 3.63) is 41.6 Å². The van der Waals surface area contributed by atoms with Crippen molar-refractivity contribution in [2.75, 3.05) is 0 Å². The fraction of sp³-hybridized carbons (Fsp3) is 0.400. The highest BCUT2D eigenvalue weighted by Crippen LogP contribution is 2.31. The Kier molecular flexibility index (Phi) is 2.95. The molecule has 16 heavy (non-hydrogen) atoms. The van der Waals surface area contributed by atoms with Crippen molar-refractivity contribution >= 4 is 10.9 Å². The van der Waals surface area contributed by atoms with Gasteiger partial charge >= 0.3 is 0 Å². The van der Waals surface area contributed by atoms with Crippen LogP contribution in [0.2, 0.25) is 0 Å². The number of nitrogens with zero attached hydrogens (tertiary/aromatic N) is 1. The summed E-state index contributed by atoms with van der Waals surface area (Å²) in [5.41, 5.74) is 4.01. The third-order valence-corrected chi connectivity index (χ3v) is 3.05. The summed E-state index contributed by atoms with van der Waals surface area (Å²) in [5, 5.41) is 1.25. The van der Waals surface area contributed by atoms with Gasteiger partial charge in [-0.05, 0) is 29.0 Å². The highest BCUT2D eigenvalue weighted by atomic mass is 14.7. The van der Waals surface area contributed by atoms with Crippen LogP contribution in [0.1, 0.15) is 50.7 Å². The van der Waals surface area contributed by atoms with Gasteiger partial charge in [-0.3, -0.25) is 4.98 Å². The van der Waals surface area contributed by atoms with Crippen LogP contribution in [0, 0.1) is 0 Å². The molecule has 0 N–H and O–H groups in total. The van der Waals surface area contributed by atoms with Gasteiger partial charge < -0.3 is 0 Å². The Morgan fingerprint density at radius 2 is 1.69 bits per heavy atom. The molecule has 1 aromatic carbocycles. The second-order valence-corrected chi connectivity index (χ2v) is 4.95. The molecule has 0 unspecified atom stereocenters. The Morgan fingerprint density at radius 1 is 0.938 bits per heavy atom. The Hall–Kier alpha value is -1.37. The predicted octanol–water partition coefficient (Wildman–Crippen LogP) is 4.48. The molecule has 1 aromatic heterocycles. The Balaban J connectivity index is 2.79. The van der Waals surface area contributed by atoms with E-state index < -0.39 is 0 Å². The predicted molar refractivity (Wildman–Crippen MR) is 69.9 cm³/mol.